The van der Waals surface area contributed by atoms with Crippen LogP contribution in [0.3, 0.4) is 0 Å². The zero-order valence-electron chi connectivity index (χ0n) is 14.9. The van der Waals surface area contributed by atoms with Crippen LogP contribution in [0.25, 0.3) is 0 Å². The van der Waals surface area contributed by atoms with E-state index in [0.717, 1.165) is 25.3 Å². The van der Waals surface area contributed by atoms with E-state index < -0.39 is 0 Å². The average molecular weight is 330 g/mol. The van der Waals surface area contributed by atoms with Gasteiger partial charge in [0.25, 0.3) is 0 Å². The van der Waals surface area contributed by atoms with Gasteiger partial charge in [-0.1, -0.05) is 42.7 Å². The zero-order valence-corrected chi connectivity index (χ0v) is 14.9. The molecule has 132 valence electrons. The minimum atomic E-state index is 0.129. The van der Waals surface area contributed by atoms with Gasteiger partial charge in [-0.15, -0.1) is 0 Å². The second-order valence-corrected chi connectivity index (χ2v) is 6.41. The minimum Gasteiger partial charge on any atom is -0.357 e. The van der Waals surface area contributed by atoms with E-state index in [9.17, 15) is 4.79 Å². The van der Waals surface area contributed by atoms with Gasteiger partial charge in [0.15, 0.2) is 5.96 Å². The molecule has 0 spiro atoms. The van der Waals surface area contributed by atoms with E-state index in [1.807, 2.05) is 13.0 Å². The molecule has 0 saturated heterocycles. The highest BCUT2D eigenvalue weighted by atomic mass is 16.1. The maximum Gasteiger partial charge on any atom is 0.221 e. The van der Waals surface area contributed by atoms with Crippen molar-refractivity contribution in [1.29, 1.82) is 0 Å². The highest BCUT2D eigenvalue weighted by Gasteiger charge is 2.16. The number of hydrogen-bond donors (Lipinski definition) is 3. The van der Waals surface area contributed by atoms with E-state index in [-0.39, 0.29) is 5.91 Å². The lowest BCUT2D eigenvalue weighted by atomic mass is 10.1. The first-order valence-electron chi connectivity index (χ1n) is 9.04. The van der Waals surface area contributed by atoms with Gasteiger partial charge in [0.2, 0.25) is 5.91 Å². The first-order chi connectivity index (χ1) is 11.7. The summed E-state index contributed by atoms with van der Waals surface area (Å²) < 4.78 is 0. The first-order valence-corrected chi connectivity index (χ1v) is 9.04. The van der Waals surface area contributed by atoms with Crippen LogP contribution in [0.2, 0.25) is 0 Å². The van der Waals surface area contributed by atoms with Crippen LogP contribution in [0, 0.1) is 6.92 Å². The highest BCUT2D eigenvalue weighted by Crippen LogP contribution is 2.17. The molecule has 0 radical (unpaired) electrons. The van der Waals surface area contributed by atoms with Crippen LogP contribution in [-0.2, 0) is 11.3 Å². The second kappa shape index (κ2) is 9.96. The van der Waals surface area contributed by atoms with Gasteiger partial charge in [0.1, 0.15) is 0 Å². The van der Waals surface area contributed by atoms with Crippen LogP contribution in [0.1, 0.15) is 50.2 Å². The molecule has 24 heavy (non-hydrogen) atoms. The number of aliphatic imine (C=N–C) groups is 1. The Balaban J connectivity index is 1.75. The fourth-order valence-electron chi connectivity index (χ4n) is 2.99. The third-order valence-corrected chi connectivity index (χ3v) is 4.21. The Morgan fingerprint density at radius 3 is 2.75 bits per heavy atom. The van der Waals surface area contributed by atoms with Crippen molar-refractivity contribution >= 4 is 11.9 Å². The lowest BCUT2D eigenvalue weighted by molar-refractivity contribution is -0.121. The van der Waals surface area contributed by atoms with Crippen LogP contribution in [-0.4, -0.2) is 31.0 Å². The maximum atomic E-state index is 11.9. The molecule has 1 amide bonds. The number of amides is 1. The average Bonchev–Trinajstić information content (AvgIpc) is 3.05. The molecule has 1 fully saturated rings. The fraction of sp³-hybridized carbons (Fsp3) is 0.579. The number of hydrogen-bond acceptors (Lipinski definition) is 2. The Labute approximate surface area is 145 Å². The molecule has 0 aliphatic heterocycles. The van der Waals surface area contributed by atoms with Gasteiger partial charge in [-0.3, -0.25) is 4.79 Å². The summed E-state index contributed by atoms with van der Waals surface area (Å²) in [7, 11) is 0. The van der Waals surface area contributed by atoms with Crippen molar-refractivity contribution in [3.8, 4) is 0 Å². The van der Waals surface area contributed by atoms with Gasteiger partial charge in [0.05, 0.1) is 6.54 Å². The van der Waals surface area contributed by atoms with E-state index >= 15 is 0 Å². The summed E-state index contributed by atoms with van der Waals surface area (Å²) in [6.07, 6.45) is 5.20. The monoisotopic (exact) mass is 330 g/mol. The Kier molecular flexibility index (Phi) is 7.59. The number of carbonyl (C=O) groups excluding carboxylic acids is 1. The van der Waals surface area contributed by atoms with Gasteiger partial charge >= 0.3 is 0 Å². The van der Waals surface area contributed by atoms with Crippen molar-refractivity contribution in [3.63, 3.8) is 0 Å². The molecular weight excluding hydrogens is 300 g/mol. The molecule has 0 heterocycles. The van der Waals surface area contributed by atoms with E-state index in [0.29, 0.717) is 25.6 Å². The molecule has 1 aromatic carbocycles. The summed E-state index contributed by atoms with van der Waals surface area (Å²) in [5.41, 5.74) is 2.43. The Bertz CT molecular complexity index is 550. The summed E-state index contributed by atoms with van der Waals surface area (Å²) >= 11 is 0. The number of benzene rings is 1. The summed E-state index contributed by atoms with van der Waals surface area (Å²) in [6.45, 7) is 6.15. The Morgan fingerprint density at radius 2 is 2.04 bits per heavy atom. The van der Waals surface area contributed by atoms with E-state index in [4.69, 9.17) is 0 Å². The van der Waals surface area contributed by atoms with Crippen molar-refractivity contribution in [2.75, 3.05) is 13.1 Å². The first kappa shape index (κ1) is 18.3. The standard InChI is InChI=1S/C19H30N4O/c1-3-20-19(22-14-16-8-6-7-15(2)13-16)21-12-11-18(24)23-17-9-4-5-10-17/h6-8,13,17H,3-5,9-12,14H2,1-2H3,(H,23,24)(H2,20,21,22). The Hall–Kier alpha value is -2.04. The molecule has 1 aliphatic carbocycles. The summed E-state index contributed by atoms with van der Waals surface area (Å²) in [6, 6.07) is 8.74. The minimum absolute atomic E-state index is 0.129. The predicted octanol–water partition coefficient (Wildman–Crippen LogP) is 2.50. The number of nitrogens with zero attached hydrogens (tertiary/aromatic N) is 1. The molecule has 1 saturated carbocycles. The zero-order chi connectivity index (χ0) is 17.2. The quantitative estimate of drug-likeness (QED) is 0.532. The lowest BCUT2D eigenvalue weighted by Crippen LogP contribution is -2.40. The van der Waals surface area contributed by atoms with Crippen LogP contribution in [0.5, 0.6) is 0 Å². The predicted molar refractivity (Wildman–Crippen MR) is 99.0 cm³/mol. The number of nitrogens with one attached hydrogen (secondary N) is 3. The molecule has 0 aromatic heterocycles. The number of guanidine groups is 1. The smallest absolute Gasteiger partial charge is 0.221 e. The molecule has 2 rings (SSSR count). The van der Waals surface area contributed by atoms with Crippen LogP contribution < -0.4 is 16.0 Å². The number of carbonyl (C=O) groups is 1. The lowest BCUT2D eigenvalue weighted by Gasteiger charge is -2.14. The van der Waals surface area contributed by atoms with Crippen molar-refractivity contribution in [2.45, 2.75) is 58.5 Å². The van der Waals surface area contributed by atoms with Gasteiger partial charge in [0, 0.05) is 25.6 Å². The van der Waals surface area contributed by atoms with Gasteiger partial charge in [-0.2, -0.15) is 0 Å². The van der Waals surface area contributed by atoms with Crippen molar-refractivity contribution < 1.29 is 4.79 Å². The molecule has 0 unspecified atom stereocenters. The molecule has 5 nitrogen and oxygen atoms in total. The second-order valence-electron chi connectivity index (χ2n) is 6.41. The summed E-state index contributed by atoms with van der Waals surface area (Å²) in [4.78, 5) is 16.5. The van der Waals surface area contributed by atoms with Crippen molar-refractivity contribution in [2.24, 2.45) is 4.99 Å². The van der Waals surface area contributed by atoms with Crippen LogP contribution >= 0.6 is 0 Å². The molecular formula is C19H30N4O. The van der Waals surface area contributed by atoms with Gasteiger partial charge in [-0.25, -0.2) is 4.99 Å². The Morgan fingerprint density at radius 1 is 1.25 bits per heavy atom. The third-order valence-electron chi connectivity index (χ3n) is 4.21. The van der Waals surface area contributed by atoms with Crippen LogP contribution in [0.4, 0.5) is 0 Å². The molecule has 5 heteroatoms. The van der Waals surface area contributed by atoms with E-state index in [2.05, 4.69) is 46.1 Å². The number of aryl methyl sites for hydroxylation is 1. The topological polar surface area (TPSA) is 65.5 Å². The summed E-state index contributed by atoms with van der Waals surface area (Å²) in [5.74, 6) is 0.886. The normalized spacial score (nSPS) is 15.3. The number of rotatable bonds is 7. The summed E-state index contributed by atoms with van der Waals surface area (Å²) in [5, 5.41) is 9.57. The van der Waals surface area contributed by atoms with Crippen LogP contribution in [0.15, 0.2) is 29.3 Å². The largest absolute Gasteiger partial charge is 0.357 e. The van der Waals surface area contributed by atoms with E-state index in [1.54, 1.807) is 0 Å². The van der Waals surface area contributed by atoms with Crippen molar-refractivity contribution in [1.82, 2.24) is 16.0 Å². The molecule has 3 N–H and O–H groups in total. The molecule has 1 aromatic rings. The molecule has 0 bridgehead atoms. The van der Waals surface area contributed by atoms with Gasteiger partial charge in [-0.05, 0) is 32.3 Å². The third kappa shape index (κ3) is 6.60. The van der Waals surface area contributed by atoms with Gasteiger partial charge < -0.3 is 16.0 Å². The molecule has 1 aliphatic rings. The maximum absolute atomic E-state index is 11.9. The fourth-order valence-corrected chi connectivity index (χ4v) is 2.99. The molecule has 0 atom stereocenters. The van der Waals surface area contributed by atoms with Crippen molar-refractivity contribution in [3.05, 3.63) is 35.4 Å². The van der Waals surface area contributed by atoms with E-state index in [1.165, 1.54) is 24.0 Å². The highest BCUT2D eigenvalue weighted by molar-refractivity contribution is 5.81. The SMILES string of the molecule is CCNC(=NCc1cccc(C)c1)NCCC(=O)NC1CCCC1.